The number of nitrogens with zero attached hydrogens (tertiary/aromatic N) is 1. The Labute approximate surface area is 140 Å². The summed E-state index contributed by atoms with van der Waals surface area (Å²) in [5, 5.41) is 2.35. The number of H-pyrrole nitrogens is 1. The predicted octanol–water partition coefficient (Wildman–Crippen LogP) is 5.20. The molecule has 0 bridgehead atoms. The molecule has 0 amide bonds. The Morgan fingerprint density at radius 1 is 0.958 bits per heavy atom. The molecule has 0 unspecified atom stereocenters. The zero-order valence-corrected chi connectivity index (χ0v) is 13.7. The maximum Gasteiger partial charge on any atom is 0.120 e. The number of aromatic nitrogens is 2. The SMILES string of the molecule is COc1ccc2c(c1)[nH]c1c(/C=C/c3ccc(C)cc3)nccc12. The monoisotopic (exact) mass is 314 g/mol. The van der Waals surface area contributed by atoms with E-state index < -0.39 is 0 Å². The lowest BCUT2D eigenvalue weighted by atomic mass is 10.1. The van der Waals surface area contributed by atoms with Crippen LogP contribution in [0.1, 0.15) is 16.8 Å². The molecular weight excluding hydrogens is 296 g/mol. The molecule has 24 heavy (non-hydrogen) atoms. The number of aryl methyl sites for hydroxylation is 1. The van der Waals surface area contributed by atoms with Gasteiger partial charge in [0, 0.05) is 23.0 Å². The summed E-state index contributed by atoms with van der Waals surface area (Å²) in [5.74, 6) is 0.846. The van der Waals surface area contributed by atoms with Gasteiger partial charge in [0.2, 0.25) is 0 Å². The van der Waals surface area contributed by atoms with Gasteiger partial charge in [-0.05, 0) is 36.8 Å². The number of nitrogens with one attached hydrogen (secondary N) is 1. The second-order valence-corrected chi connectivity index (χ2v) is 5.90. The predicted molar refractivity (Wildman–Crippen MR) is 100 cm³/mol. The van der Waals surface area contributed by atoms with E-state index in [0.29, 0.717) is 0 Å². The second-order valence-electron chi connectivity index (χ2n) is 5.90. The van der Waals surface area contributed by atoms with E-state index in [9.17, 15) is 0 Å². The number of hydrogen-bond acceptors (Lipinski definition) is 2. The van der Waals surface area contributed by atoms with Gasteiger partial charge in [0.15, 0.2) is 0 Å². The van der Waals surface area contributed by atoms with Gasteiger partial charge in [0.1, 0.15) is 5.75 Å². The van der Waals surface area contributed by atoms with Crippen molar-refractivity contribution in [1.29, 1.82) is 0 Å². The fourth-order valence-corrected chi connectivity index (χ4v) is 2.94. The first-order valence-electron chi connectivity index (χ1n) is 7.94. The normalized spacial score (nSPS) is 11.6. The van der Waals surface area contributed by atoms with E-state index in [1.807, 2.05) is 24.4 Å². The molecule has 0 aliphatic carbocycles. The minimum absolute atomic E-state index is 0.846. The minimum atomic E-state index is 0.846. The van der Waals surface area contributed by atoms with Crippen molar-refractivity contribution in [3.8, 4) is 5.75 Å². The average Bonchev–Trinajstić information content (AvgIpc) is 2.99. The van der Waals surface area contributed by atoms with E-state index in [4.69, 9.17) is 4.74 Å². The molecule has 0 spiro atoms. The lowest BCUT2D eigenvalue weighted by Crippen LogP contribution is -1.82. The van der Waals surface area contributed by atoms with E-state index in [-0.39, 0.29) is 0 Å². The summed E-state index contributed by atoms with van der Waals surface area (Å²) in [6.07, 6.45) is 6.00. The van der Waals surface area contributed by atoms with Crippen LogP contribution in [0.15, 0.2) is 54.7 Å². The van der Waals surface area contributed by atoms with Gasteiger partial charge < -0.3 is 9.72 Å². The highest BCUT2D eigenvalue weighted by atomic mass is 16.5. The fourth-order valence-electron chi connectivity index (χ4n) is 2.94. The topological polar surface area (TPSA) is 37.9 Å². The summed E-state index contributed by atoms with van der Waals surface area (Å²) in [7, 11) is 1.68. The Bertz CT molecular complexity index is 1040. The number of benzene rings is 2. The molecule has 3 heteroatoms. The zero-order valence-electron chi connectivity index (χ0n) is 13.7. The van der Waals surface area contributed by atoms with Gasteiger partial charge in [-0.25, -0.2) is 0 Å². The van der Waals surface area contributed by atoms with E-state index in [1.54, 1.807) is 7.11 Å². The summed E-state index contributed by atoms with van der Waals surface area (Å²) >= 11 is 0. The van der Waals surface area contributed by atoms with E-state index in [0.717, 1.165) is 28.0 Å². The Kier molecular flexibility index (Phi) is 3.54. The van der Waals surface area contributed by atoms with Crippen molar-refractivity contribution in [1.82, 2.24) is 9.97 Å². The molecule has 4 aromatic rings. The highest BCUT2D eigenvalue weighted by molar-refractivity contribution is 6.09. The van der Waals surface area contributed by atoms with Gasteiger partial charge in [-0.1, -0.05) is 35.9 Å². The van der Waals surface area contributed by atoms with Crippen LogP contribution in [0.2, 0.25) is 0 Å². The number of fused-ring (bicyclic) bond motifs is 3. The molecule has 0 fully saturated rings. The maximum atomic E-state index is 5.31. The van der Waals surface area contributed by atoms with Crippen LogP contribution in [0.4, 0.5) is 0 Å². The summed E-state index contributed by atoms with van der Waals surface area (Å²) < 4.78 is 5.31. The van der Waals surface area contributed by atoms with E-state index in [1.165, 1.54) is 16.3 Å². The molecule has 0 aliphatic rings. The number of rotatable bonds is 3. The molecule has 118 valence electrons. The van der Waals surface area contributed by atoms with Crippen LogP contribution in [0.5, 0.6) is 5.75 Å². The molecule has 4 rings (SSSR count). The largest absolute Gasteiger partial charge is 0.497 e. The third kappa shape index (κ3) is 2.54. The highest BCUT2D eigenvalue weighted by Crippen LogP contribution is 2.29. The molecule has 2 heterocycles. The molecule has 0 saturated carbocycles. The van der Waals surface area contributed by atoms with Gasteiger partial charge in [0.05, 0.1) is 23.8 Å². The molecule has 0 atom stereocenters. The Hall–Kier alpha value is -3.07. The first-order chi connectivity index (χ1) is 11.7. The number of pyridine rings is 1. The summed E-state index contributed by atoms with van der Waals surface area (Å²) in [6.45, 7) is 2.09. The van der Waals surface area contributed by atoms with Crippen LogP contribution >= 0.6 is 0 Å². The van der Waals surface area contributed by atoms with Crippen LogP contribution in [0.25, 0.3) is 34.0 Å². The van der Waals surface area contributed by atoms with Crippen molar-refractivity contribution in [2.24, 2.45) is 0 Å². The van der Waals surface area contributed by atoms with Crippen LogP contribution in [-0.2, 0) is 0 Å². The molecule has 0 radical (unpaired) electrons. The van der Waals surface area contributed by atoms with Crippen molar-refractivity contribution in [3.63, 3.8) is 0 Å². The van der Waals surface area contributed by atoms with E-state index in [2.05, 4.69) is 59.4 Å². The summed E-state index contributed by atoms with van der Waals surface area (Å²) in [6, 6.07) is 16.6. The van der Waals surface area contributed by atoms with Crippen LogP contribution in [-0.4, -0.2) is 17.1 Å². The lowest BCUT2D eigenvalue weighted by Gasteiger charge is -1.98. The number of aromatic amines is 1. The Balaban J connectivity index is 1.82. The van der Waals surface area contributed by atoms with Gasteiger partial charge in [-0.15, -0.1) is 0 Å². The van der Waals surface area contributed by atoms with Crippen molar-refractivity contribution in [2.45, 2.75) is 6.92 Å². The molecule has 0 saturated heterocycles. The van der Waals surface area contributed by atoms with Crippen LogP contribution < -0.4 is 4.74 Å². The summed E-state index contributed by atoms with van der Waals surface area (Å²) in [4.78, 5) is 8.00. The average molecular weight is 314 g/mol. The number of methoxy groups -OCH3 is 1. The van der Waals surface area contributed by atoms with Gasteiger partial charge in [-0.2, -0.15) is 0 Å². The number of hydrogen-bond donors (Lipinski definition) is 1. The summed E-state index contributed by atoms with van der Waals surface area (Å²) in [5.41, 5.74) is 5.46. The van der Waals surface area contributed by atoms with Gasteiger partial charge in [-0.3, -0.25) is 4.98 Å². The van der Waals surface area contributed by atoms with Gasteiger partial charge >= 0.3 is 0 Å². The molecule has 3 nitrogen and oxygen atoms in total. The zero-order chi connectivity index (χ0) is 16.5. The molecule has 2 aromatic carbocycles. The fraction of sp³-hybridized carbons (Fsp3) is 0.0952. The van der Waals surface area contributed by atoms with Crippen molar-refractivity contribution in [2.75, 3.05) is 7.11 Å². The van der Waals surface area contributed by atoms with Crippen molar-refractivity contribution >= 4 is 34.0 Å². The molecule has 1 N–H and O–H groups in total. The molecule has 2 aromatic heterocycles. The number of ether oxygens (including phenoxy) is 1. The van der Waals surface area contributed by atoms with E-state index >= 15 is 0 Å². The quantitative estimate of drug-likeness (QED) is 0.564. The molecular formula is C21H18N2O. The van der Waals surface area contributed by atoms with Crippen LogP contribution in [0, 0.1) is 6.92 Å². The first-order valence-corrected chi connectivity index (χ1v) is 7.94. The second kappa shape index (κ2) is 5.85. The Morgan fingerprint density at radius 2 is 1.79 bits per heavy atom. The third-order valence-electron chi connectivity index (χ3n) is 4.27. The maximum absolute atomic E-state index is 5.31. The van der Waals surface area contributed by atoms with Crippen molar-refractivity contribution in [3.05, 3.63) is 71.5 Å². The minimum Gasteiger partial charge on any atom is -0.497 e. The standard InChI is InChI=1S/C21H18N2O/c1-14-3-5-15(6-4-14)7-10-19-21-18(11-12-22-19)17-9-8-16(24-2)13-20(17)23-21/h3-13,23H,1-2H3/b10-7+. The van der Waals surface area contributed by atoms with Crippen LogP contribution in [0.3, 0.4) is 0 Å². The third-order valence-corrected chi connectivity index (χ3v) is 4.27. The van der Waals surface area contributed by atoms with Crippen molar-refractivity contribution < 1.29 is 4.74 Å². The Morgan fingerprint density at radius 3 is 2.58 bits per heavy atom. The first kappa shape index (κ1) is 14.5. The lowest BCUT2D eigenvalue weighted by molar-refractivity contribution is 0.415. The molecule has 0 aliphatic heterocycles. The van der Waals surface area contributed by atoms with Gasteiger partial charge in [0.25, 0.3) is 0 Å². The highest BCUT2D eigenvalue weighted by Gasteiger charge is 2.08. The smallest absolute Gasteiger partial charge is 0.120 e.